The molecule has 2 rings (SSSR count). The fourth-order valence-electron chi connectivity index (χ4n) is 7.06. The van der Waals surface area contributed by atoms with Gasteiger partial charge in [-0.1, -0.05) is 33.8 Å². The first-order valence-electron chi connectivity index (χ1n) is 15.9. The van der Waals surface area contributed by atoms with E-state index in [1.165, 1.54) is 20.1 Å². The van der Waals surface area contributed by atoms with Gasteiger partial charge in [0.2, 0.25) is 0 Å². The molecule has 11 heteroatoms. The minimum Gasteiger partial charge on any atom is -0.459 e. The lowest BCUT2D eigenvalue weighted by molar-refractivity contribution is -0.301. The molecular formula is C33H59NO10. The summed E-state index contributed by atoms with van der Waals surface area (Å²) in [6.45, 7) is 17.5. The zero-order valence-electron chi connectivity index (χ0n) is 28.7. The predicted molar refractivity (Wildman–Crippen MR) is 166 cm³/mol. The number of carbonyl (C=O) groups excluding carboxylic acids is 2. The zero-order chi connectivity index (χ0) is 33.7. The van der Waals surface area contributed by atoms with Crippen LogP contribution in [0, 0.1) is 23.7 Å². The number of esters is 1. The molecule has 0 bridgehead atoms. The van der Waals surface area contributed by atoms with Crippen LogP contribution in [0.25, 0.3) is 0 Å². The van der Waals surface area contributed by atoms with Gasteiger partial charge in [0.25, 0.3) is 0 Å². The molecule has 0 amide bonds. The molecule has 0 radical (unpaired) electrons. The highest BCUT2D eigenvalue weighted by Gasteiger charge is 2.52. The molecule has 2 aliphatic heterocycles. The smallest absolute Gasteiger partial charge is 0.311 e. The topological polar surface area (TPSA) is 144 Å². The van der Waals surface area contributed by atoms with Gasteiger partial charge in [0.05, 0.1) is 42.5 Å². The van der Waals surface area contributed by atoms with Gasteiger partial charge in [0, 0.05) is 30.9 Å². The predicted octanol–water partition coefficient (Wildman–Crippen LogP) is 2.72. The SMILES string of the molecule is C=CCO[C@@H]1[C@H](C)C(=O)[C@H](C)C[C@](C)(OC)[C@H](OC2O[C@H](C)C[C@H](N(C)C)[C@H]2O)[C@@H](C)[C@H](O)[C@@H](C)C(=O)O[C@@H](CC)[C@@]1(C)O. The van der Waals surface area contributed by atoms with E-state index in [1.54, 1.807) is 41.5 Å². The van der Waals surface area contributed by atoms with Crippen molar-refractivity contribution in [3.05, 3.63) is 12.7 Å². The number of nitrogens with zero attached hydrogens (tertiary/aromatic N) is 1. The third-order valence-electron chi connectivity index (χ3n) is 9.88. The Morgan fingerprint density at radius 1 is 1.05 bits per heavy atom. The van der Waals surface area contributed by atoms with E-state index in [9.17, 15) is 24.9 Å². The Morgan fingerprint density at radius 3 is 2.18 bits per heavy atom. The molecule has 0 aliphatic carbocycles. The maximum atomic E-state index is 14.0. The van der Waals surface area contributed by atoms with Crippen LogP contribution in [-0.2, 0) is 33.3 Å². The average molecular weight is 630 g/mol. The first kappa shape index (κ1) is 38.7. The molecule has 0 spiro atoms. The second-order valence-electron chi connectivity index (χ2n) is 13.7. The Kier molecular flexibility index (Phi) is 14.0. The molecule has 3 N–H and O–H groups in total. The molecule has 44 heavy (non-hydrogen) atoms. The van der Waals surface area contributed by atoms with E-state index in [0.717, 1.165) is 0 Å². The molecule has 1 unspecified atom stereocenters. The summed E-state index contributed by atoms with van der Waals surface area (Å²) in [7, 11) is 5.27. The van der Waals surface area contributed by atoms with Gasteiger partial charge in [0.1, 0.15) is 23.6 Å². The number of ether oxygens (including phenoxy) is 5. The van der Waals surface area contributed by atoms with E-state index in [4.69, 9.17) is 23.7 Å². The molecule has 2 saturated heterocycles. The number of cyclic esters (lactones) is 1. The quantitative estimate of drug-likeness (QED) is 0.269. The van der Waals surface area contributed by atoms with Crippen molar-refractivity contribution in [1.29, 1.82) is 0 Å². The van der Waals surface area contributed by atoms with Crippen LogP contribution in [0.15, 0.2) is 12.7 Å². The second-order valence-corrected chi connectivity index (χ2v) is 13.7. The van der Waals surface area contributed by atoms with Crippen molar-refractivity contribution < 1.29 is 48.6 Å². The number of aliphatic hydroxyl groups is 3. The van der Waals surface area contributed by atoms with Crippen LogP contribution >= 0.6 is 0 Å². The van der Waals surface area contributed by atoms with Crippen molar-refractivity contribution in [2.24, 2.45) is 23.7 Å². The first-order chi connectivity index (χ1) is 20.4. The van der Waals surface area contributed by atoms with E-state index in [-0.39, 0.29) is 37.4 Å². The summed E-state index contributed by atoms with van der Waals surface area (Å²) in [6.07, 6.45) is -3.95. The van der Waals surface area contributed by atoms with Gasteiger partial charge in [-0.15, -0.1) is 6.58 Å². The van der Waals surface area contributed by atoms with Crippen molar-refractivity contribution in [3.63, 3.8) is 0 Å². The lowest BCUT2D eigenvalue weighted by Gasteiger charge is -2.48. The minimum absolute atomic E-state index is 0.0750. The number of methoxy groups -OCH3 is 1. The minimum atomic E-state index is -1.73. The van der Waals surface area contributed by atoms with Gasteiger partial charge in [-0.05, 0) is 61.1 Å². The van der Waals surface area contributed by atoms with Gasteiger partial charge < -0.3 is 43.9 Å². The van der Waals surface area contributed by atoms with Gasteiger partial charge in [0.15, 0.2) is 6.29 Å². The number of rotatable bonds is 8. The van der Waals surface area contributed by atoms with E-state index >= 15 is 0 Å². The highest BCUT2D eigenvalue weighted by Crippen LogP contribution is 2.39. The van der Waals surface area contributed by atoms with Crippen molar-refractivity contribution in [3.8, 4) is 0 Å². The lowest BCUT2D eigenvalue weighted by Crippen LogP contribution is -2.60. The second kappa shape index (κ2) is 15.9. The van der Waals surface area contributed by atoms with Crippen molar-refractivity contribution in [1.82, 2.24) is 4.90 Å². The van der Waals surface area contributed by atoms with E-state index in [2.05, 4.69) is 6.58 Å². The van der Waals surface area contributed by atoms with Gasteiger partial charge in [-0.2, -0.15) is 0 Å². The van der Waals surface area contributed by atoms with Gasteiger partial charge in [-0.3, -0.25) is 9.59 Å². The standard InChI is InChI=1S/C33H59NO10/c1-13-15-41-29-20(5)25(35)18(3)17-32(8,40-12)28(44-31-27(37)23(34(10)11)16-19(4)42-31)21(6)26(36)22(7)30(38)43-24(14-2)33(29,9)39/h13,18-24,26-29,31,36-37,39H,1,14-17H2,2-12H3/t18-,19-,20-,21+,22-,23+,24+,26+,27-,28-,29-,31?,32+,33-/m1/s1. The summed E-state index contributed by atoms with van der Waals surface area (Å²) < 4.78 is 30.6. The molecule has 0 aromatic rings. The molecule has 0 aromatic heterocycles. The maximum absolute atomic E-state index is 14.0. The number of Topliss-reactive ketones (excluding diaryl/α,β-unsaturated/α-hetero) is 1. The van der Waals surface area contributed by atoms with Crippen LogP contribution in [0.5, 0.6) is 0 Å². The molecule has 0 saturated carbocycles. The normalized spacial score (nSPS) is 45.1. The largest absolute Gasteiger partial charge is 0.459 e. The fraction of sp³-hybridized carbons (Fsp3) is 0.879. The van der Waals surface area contributed by atoms with Crippen molar-refractivity contribution >= 4 is 11.8 Å². The number of likely N-dealkylation sites (N-methyl/N-ethyl adjacent to an activating group) is 1. The Hall–Kier alpha value is -1.44. The Morgan fingerprint density at radius 2 is 1.66 bits per heavy atom. The summed E-state index contributed by atoms with van der Waals surface area (Å²) in [5.41, 5.74) is -2.90. The highest BCUT2D eigenvalue weighted by atomic mass is 16.7. The Bertz CT molecular complexity index is 959. The summed E-state index contributed by atoms with van der Waals surface area (Å²) in [6, 6.07) is -0.238. The summed E-state index contributed by atoms with van der Waals surface area (Å²) in [5, 5.41) is 34.7. The molecule has 14 atom stereocenters. The number of hydrogen-bond donors (Lipinski definition) is 3. The van der Waals surface area contributed by atoms with Crippen LogP contribution in [0.3, 0.4) is 0 Å². The fourth-order valence-corrected chi connectivity index (χ4v) is 7.06. The molecular weight excluding hydrogens is 570 g/mol. The monoisotopic (exact) mass is 629 g/mol. The number of ketones is 1. The third-order valence-corrected chi connectivity index (χ3v) is 9.88. The van der Waals surface area contributed by atoms with Crippen molar-refractivity contribution in [2.45, 2.75) is 135 Å². The summed E-state index contributed by atoms with van der Waals surface area (Å²) in [4.78, 5) is 29.4. The lowest BCUT2D eigenvalue weighted by atomic mass is 9.74. The first-order valence-corrected chi connectivity index (χ1v) is 15.9. The summed E-state index contributed by atoms with van der Waals surface area (Å²) in [5.74, 6) is -4.03. The summed E-state index contributed by atoms with van der Waals surface area (Å²) >= 11 is 0. The Balaban J connectivity index is 2.65. The Labute approximate surface area is 264 Å². The number of aliphatic hydroxyl groups excluding tert-OH is 2. The van der Waals surface area contributed by atoms with Crippen LogP contribution in [-0.4, -0.2) is 120 Å². The average Bonchev–Trinajstić information content (AvgIpc) is 2.97. The van der Waals surface area contributed by atoms with E-state index in [0.29, 0.717) is 6.42 Å². The van der Waals surface area contributed by atoms with Crippen molar-refractivity contribution in [2.75, 3.05) is 27.8 Å². The van der Waals surface area contributed by atoms with Crippen LogP contribution in [0.1, 0.15) is 74.7 Å². The number of hydrogen-bond acceptors (Lipinski definition) is 11. The molecule has 11 nitrogen and oxygen atoms in total. The van der Waals surface area contributed by atoms with Gasteiger partial charge in [-0.25, -0.2) is 0 Å². The van der Waals surface area contributed by atoms with E-state index in [1.807, 2.05) is 25.9 Å². The van der Waals surface area contributed by atoms with Crippen LogP contribution < -0.4 is 0 Å². The van der Waals surface area contributed by atoms with Crippen LogP contribution in [0.4, 0.5) is 0 Å². The van der Waals surface area contributed by atoms with Crippen LogP contribution in [0.2, 0.25) is 0 Å². The molecule has 2 heterocycles. The zero-order valence-corrected chi connectivity index (χ0v) is 28.7. The highest BCUT2D eigenvalue weighted by molar-refractivity contribution is 5.83. The molecule has 256 valence electrons. The van der Waals surface area contributed by atoms with Gasteiger partial charge >= 0.3 is 5.97 Å². The molecule has 2 aliphatic rings. The molecule has 2 fully saturated rings. The molecule has 0 aromatic carbocycles. The third kappa shape index (κ3) is 8.47. The van der Waals surface area contributed by atoms with E-state index < -0.39 is 77.7 Å². The number of carbonyl (C=O) groups is 2. The maximum Gasteiger partial charge on any atom is 0.311 e.